The molecule has 0 unspecified atom stereocenters. The molecule has 0 radical (unpaired) electrons. The van der Waals surface area contributed by atoms with Crippen LogP contribution in [0, 0.1) is 0 Å². The number of nitrogens with one attached hydrogen (secondary N) is 2. The Balaban J connectivity index is 2.41. The molecule has 2 rings (SSSR count). The van der Waals surface area contributed by atoms with Crippen LogP contribution in [0.2, 0.25) is 0 Å². The van der Waals surface area contributed by atoms with Crippen LogP contribution in [0.3, 0.4) is 0 Å². The third kappa shape index (κ3) is 5.36. The summed E-state index contributed by atoms with van der Waals surface area (Å²) in [6.07, 6.45) is -9.52. The van der Waals surface area contributed by atoms with E-state index in [2.05, 4.69) is 25.3 Å². The average molecular weight is 396 g/mol. The SMILES string of the molecule is COc1ccc(Nc2cc(C(F)(F)F)nc(NCCO)n2)cc1C(F)(F)F. The van der Waals surface area contributed by atoms with Crippen molar-refractivity contribution < 1.29 is 36.2 Å². The molecule has 148 valence electrons. The minimum absolute atomic E-state index is 0.110. The van der Waals surface area contributed by atoms with Crippen molar-refractivity contribution in [1.29, 1.82) is 0 Å². The molecule has 0 aliphatic carbocycles. The highest BCUT2D eigenvalue weighted by Gasteiger charge is 2.35. The number of benzene rings is 1. The molecule has 0 fully saturated rings. The predicted molar refractivity (Wildman–Crippen MR) is 83.9 cm³/mol. The lowest BCUT2D eigenvalue weighted by molar-refractivity contribution is -0.141. The standard InChI is InChI=1S/C15H14F6N4O2/c1-27-10-3-2-8(6-9(10)14(16,17)18)23-12-7-11(15(19,20)21)24-13(25-12)22-4-5-26/h2-3,6-7,26H,4-5H2,1H3,(H2,22,23,24,25). The first-order valence-corrected chi connectivity index (χ1v) is 7.38. The van der Waals surface area contributed by atoms with Gasteiger partial charge in [-0.2, -0.15) is 31.3 Å². The van der Waals surface area contributed by atoms with Gasteiger partial charge in [0.1, 0.15) is 11.6 Å². The van der Waals surface area contributed by atoms with E-state index in [9.17, 15) is 26.3 Å². The smallest absolute Gasteiger partial charge is 0.433 e. The quantitative estimate of drug-likeness (QED) is 0.647. The van der Waals surface area contributed by atoms with Crippen molar-refractivity contribution in [3.63, 3.8) is 0 Å². The maximum absolute atomic E-state index is 13.1. The number of methoxy groups -OCH3 is 1. The van der Waals surface area contributed by atoms with E-state index in [1.807, 2.05) is 0 Å². The monoisotopic (exact) mass is 396 g/mol. The molecule has 0 aliphatic rings. The summed E-state index contributed by atoms with van der Waals surface area (Å²) in [6.45, 7) is -0.489. The van der Waals surface area contributed by atoms with E-state index in [1.165, 1.54) is 6.07 Å². The molecule has 3 N–H and O–H groups in total. The Kier molecular flexibility index (Phi) is 5.98. The van der Waals surface area contributed by atoms with Crippen molar-refractivity contribution in [2.45, 2.75) is 12.4 Å². The number of hydrogen-bond donors (Lipinski definition) is 3. The molecule has 1 aromatic carbocycles. The lowest BCUT2D eigenvalue weighted by Gasteiger charge is -2.15. The first kappa shape index (κ1) is 20.6. The van der Waals surface area contributed by atoms with Crippen LogP contribution in [0.25, 0.3) is 0 Å². The summed E-state index contributed by atoms with van der Waals surface area (Å²) in [5.41, 5.74) is -2.55. The maximum atomic E-state index is 13.1. The summed E-state index contributed by atoms with van der Waals surface area (Å²) >= 11 is 0. The second-order valence-corrected chi connectivity index (χ2v) is 5.15. The van der Waals surface area contributed by atoms with Crippen LogP contribution in [0.15, 0.2) is 24.3 Å². The van der Waals surface area contributed by atoms with Gasteiger partial charge in [0, 0.05) is 18.3 Å². The van der Waals surface area contributed by atoms with Gasteiger partial charge in [-0.15, -0.1) is 0 Å². The third-order valence-corrected chi connectivity index (χ3v) is 3.19. The summed E-state index contributed by atoms with van der Waals surface area (Å²) in [6, 6.07) is 3.48. The van der Waals surface area contributed by atoms with Gasteiger partial charge in [-0.3, -0.25) is 0 Å². The fourth-order valence-electron chi connectivity index (χ4n) is 2.06. The van der Waals surface area contributed by atoms with Crippen molar-refractivity contribution in [2.75, 3.05) is 30.9 Å². The molecule has 0 saturated carbocycles. The number of hydrogen-bond acceptors (Lipinski definition) is 6. The molecule has 0 bridgehead atoms. The van der Waals surface area contributed by atoms with E-state index in [1.54, 1.807) is 0 Å². The zero-order valence-electron chi connectivity index (χ0n) is 13.7. The van der Waals surface area contributed by atoms with E-state index in [-0.39, 0.29) is 24.7 Å². The molecule has 0 saturated heterocycles. The molecule has 0 spiro atoms. The topological polar surface area (TPSA) is 79.3 Å². The van der Waals surface area contributed by atoms with Crippen LogP contribution in [0.1, 0.15) is 11.3 Å². The van der Waals surface area contributed by atoms with Crippen molar-refractivity contribution in [2.24, 2.45) is 0 Å². The van der Waals surface area contributed by atoms with Crippen LogP contribution in [-0.4, -0.2) is 35.3 Å². The van der Waals surface area contributed by atoms with Gasteiger partial charge in [0.05, 0.1) is 19.3 Å². The van der Waals surface area contributed by atoms with Crippen molar-refractivity contribution in [3.05, 3.63) is 35.5 Å². The zero-order valence-corrected chi connectivity index (χ0v) is 13.7. The first-order chi connectivity index (χ1) is 12.5. The second-order valence-electron chi connectivity index (χ2n) is 5.15. The number of alkyl halides is 6. The Hall–Kier alpha value is -2.76. The van der Waals surface area contributed by atoms with E-state index >= 15 is 0 Å². The number of aliphatic hydroxyl groups excluding tert-OH is 1. The summed E-state index contributed by atoms with van der Waals surface area (Å²) in [7, 11) is 1.07. The molecular weight excluding hydrogens is 382 g/mol. The molecule has 1 aromatic heterocycles. The van der Waals surface area contributed by atoms with E-state index in [4.69, 9.17) is 5.11 Å². The van der Waals surface area contributed by atoms with Gasteiger partial charge in [-0.05, 0) is 18.2 Å². The van der Waals surface area contributed by atoms with Gasteiger partial charge in [-0.25, -0.2) is 4.98 Å². The van der Waals surface area contributed by atoms with E-state index in [0.717, 1.165) is 13.2 Å². The number of aromatic nitrogens is 2. The van der Waals surface area contributed by atoms with Gasteiger partial charge in [0.2, 0.25) is 5.95 Å². The van der Waals surface area contributed by atoms with Crippen LogP contribution in [0.4, 0.5) is 43.8 Å². The highest BCUT2D eigenvalue weighted by molar-refractivity contribution is 5.61. The van der Waals surface area contributed by atoms with Crippen molar-refractivity contribution in [1.82, 2.24) is 9.97 Å². The molecule has 27 heavy (non-hydrogen) atoms. The molecule has 1 heterocycles. The largest absolute Gasteiger partial charge is 0.496 e. The van der Waals surface area contributed by atoms with Gasteiger partial charge in [-0.1, -0.05) is 0 Å². The fourth-order valence-corrected chi connectivity index (χ4v) is 2.06. The minimum atomic E-state index is -4.80. The lowest BCUT2D eigenvalue weighted by atomic mass is 10.1. The number of rotatable bonds is 6. The Bertz CT molecular complexity index is 795. The molecular formula is C15H14F6N4O2. The number of anilines is 3. The van der Waals surface area contributed by atoms with Gasteiger partial charge in [0.25, 0.3) is 0 Å². The number of halogens is 6. The Labute approximate surface area is 149 Å². The fraction of sp³-hybridized carbons (Fsp3) is 0.333. The molecule has 0 aliphatic heterocycles. The molecule has 0 atom stereocenters. The summed E-state index contributed by atoms with van der Waals surface area (Å²) < 4.78 is 82.7. The maximum Gasteiger partial charge on any atom is 0.433 e. The summed E-state index contributed by atoms with van der Waals surface area (Å²) in [4.78, 5) is 7.03. The highest BCUT2D eigenvalue weighted by atomic mass is 19.4. The normalized spacial score (nSPS) is 12.0. The Morgan fingerprint density at radius 1 is 1.04 bits per heavy atom. The molecule has 0 amide bonds. The Morgan fingerprint density at radius 3 is 2.30 bits per heavy atom. The number of nitrogens with zero attached hydrogens (tertiary/aromatic N) is 2. The van der Waals surface area contributed by atoms with Crippen LogP contribution >= 0.6 is 0 Å². The van der Waals surface area contributed by atoms with Gasteiger partial charge < -0.3 is 20.5 Å². The highest BCUT2D eigenvalue weighted by Crippen LogP contribution is 2.38. The van der Waals surface area contributed by atoms with E-state index in [0.29, 0.717) is 12.1 Å². The van der Waals surface area contributed by atoms with Gasteiger partial charge in [0.15, 0.2) is 5.69 Å². The molecule has 2 aromatic rings. The average Bonchev–Trinajstić information content (AvgIpc) is 2.58. The first-order valence-electron chi connectivity index (χ1n) is 7.38. The number of ether oxygens (including phenoxy) is 1. The van der Waals surface area contributed by atoms with Crippen molar-refractivity contribution >= 4 is 17.5 Å². The van der Waals surface area contributed by atoms with E-state index < -0.39 is 35.3 Å². The van der Waals surface area contributed by atoms with Crippen LogP contribution < -0.4 is 15.4 Å². The summed E-state index contributed by atoms with van der Waals surface area (Å²) in [5.74, 6) is -1.25. The Morgan fingerprint density at radius 2 is 1.74 bits per heavy atom. The minimum Gasteiger partial charge on any atom is -0.496 e. The predicted octanol–water partition coefficient (Wildman–Crippen LogP) is 3.67. The lowest BCUT2D eigenvalue weighted by Crippen LogP contribution is -2.15. The zero-order chi connectivity index (χ0) is 20.2. The van der Waals surface area contributed by atoms with Crippen molar-refractivity contribution in [3.8, 4) is 5.75 Å². The molecule has 6 nitrogen and oxygen atoms in total. The number of aliphatic hydroxyl groups is 1. The second kappa shape index (κ2) is 7.86. The van der Waals surface area contributed by atoms with Gasteiger partial charge >= 0.3 is 12.4 Å². The van der Waals surface area contributed by atoms with Crippen LogP contribution in [-0.2, 0) is 12.4 Å². The third-order valence-electron chi connectivity index (χ3n) is 3.19. The van der Waals surface area contributed by atoms with Crippen LogP contribution in [0.5, 0.6) is 5.75 Å². The summed E-state index contributed by atoms with van der Waals surface area (Å²) in [5, 5.41) is 13.5. The molecule has 12 heteroatoms.